The van der Waals surface area contributed by atoms with Crippen molar-refractivity contribution in [3.63, 3.8) is 0 Å². The molecule has 0 aliphatic rings. The monoisotopic (exact) mass is 427 g/mol. The van der Waals surface area contributed by atoms with Gasteiger partial charge in [0.25, 0.3) is 0 Å². The van der Waals surface area contributed by atoms with Crippen LogP contribution >= 0.6 is 11.8 Å². The Balaban J connectivity index is 1.58. The Bertz CT molecular complexity index is 1010. The number of anilines is 1. The highest BCUT2D eigenvalue weighted by molar-refractivity contribution is 7.99. The third kappa shape index (κ3) is 5.35. The van der Waals surface area contributed by atoms with Crippen molar-refractivity contribution in [3.8, 4) is 11.4 Å². The minimum Gasteiger partial charge on any atom is -0.494 e. The smallest absolute Gasteiger partial charge is 0.338 e. The molecule has 2 aromatic carbocycles. The maximum atomic E-state index is 12.3. The standard InChI is InChI=1S/C20H21N5O4S/c1-3-12-29-19(27)14-8-10-15(11-9-14)21-18(26)13-30-20-22-23-24-25(20)16-6-4-5-7-17(16)28-2/h4-11H,3,12-13H2,1-2H3,(H,21,26). The van der Waals surface area contributed by atoms with Crippen molar-refractivity contribution in [2.24, 2.45) is 0 Å². The summed E-state index contributed by atoms with van der Waals surface area (Å²) < 4.78 is 11.9. The zero-order valence-corrected chi connectivity index (χ0v) is 17.4. The number of thioether (sulfide) groups is 1. The second-order valence-corrected chi connectivity index (χ2v) is 7.04. The largest absolute Gasteiger partial charge is 0.494 e. The molecule has 1 amide bonds. The minimum atomic E-state index is -0.381. The van der Waals surface area contributed by atoms with E-state index in [1.54, 1.807) is 37.4 Å². The number of aromatic nitrogens is 4. The molecule has 0 saturated heterocycles. The van der Waals surface area contributed by atoms with Gasteiger partial charge in [0, 0.05) is 5.69 Å². The van der Waals surface area contributed by atoms with Crippen molar-refractivity contribution in [1.82, 2.24) is 20.2 Å². The second kappa shape index (κ2) is 10.4. The number of methoxy groups -OCH3 is 1. The van der Waals surface area contributed by atoms with Gasteiger partial charge in [0.05, 0.1) is 25.0 Å². The first-order valence-electron chi connectivity index (χ1n) is 9.24. The summed E-state index contributed by atoms with van der Waals surface area (Å²) in [5, 5.41) is 14.9. The lowest BCUT2D eigenvalue weighted by Gasteiger charge is -2.09. The first kappa shape index (κ1) is 21.3. The van der Waals surface area contributed by atoms with Crippen molar-refractivity contribution < 1.29 is 19.1 Å². The third-order valence-corrected chi connectivity index (χ3v) is 4.85. The number of tetrazole rings is 1. The molecule has 0 aliphatic heterocycles. The SMILES string of the molecule is CCCOC(=O)c1ccc(NC(=O)CSc2nnnn2-c2ccccc2OC)cc1. The summed E-state index contributed by atoms with van der Waals surface area (Å²) in [6.07, 6.45) is 0.762. The number of ether oxygens (including phenoxy) is 2. The number of rotatable bonds is 9. The summed E-state index contributed by atoms with van der Waals surface area (Å²) in [6, 6.07) is 13.9. The van der Waals surface area contributed by atoms with Crippen LogP contribution in [-0.2, 0) is 9.53 Å². The van der Waals surface area contributed by atoms with Gasteiger partial charge in [-0.2, -0.15) is 4.68 Å². The maximum absolute atomic E-state index is 12.3. The van der Waals surface area contributed by atoms with Crippen LogP contribution in [0.25, 0.3) is 5.69 Å². The van der Waals surface area contributed by atoms with Crippen LogP contribution in [0, 0.1) is 0 Å². The van der Waals surface area contributed by atoms with Gasteiger partial charge in [-0.3, -0.25) is 4.79 Å². The Morgan fingerprint density at radius 2 is 1.90 bits per heavy atom. The van der Waals surface area contributed by atoms with E-state index >= 15 is 0 Å². The lowest BCUT2D eigenvalue weighted by molar-refractivity contribution is -0.113. The van der Waals surface area contributed by atoms with E-state index in [0.29, 0.717) is 34.5 Å². The number of carbonyl (C=O) groups is 2. The molecule has 0 atom stereocenters. The number of nitrogens with zero attached hydrogens (tertiary/aromatic N) is 4. The second-order valence-electron chi connectivity index (χ2n) is 6.10. The van der Waals surface area contributed by atoms with E-state index in [0.717, 1.165) is 6.42 Å². The van der Waals surface area contributed by atoms with Gasteiger partial charge in [-0.25, -0.2) is 4.79 Å². The predicted molar refractivity (Wildman–Crippen MR) is 112 cm³/mol. The van der Waals surface area contributed by atoms with Crippen LogP contribution < -0.4 is 10.1 Å². The quantitative estimate of drug-likeness (QED) is 0.410. The Morgan fingerprint density at radius 3 is 2.63 bits per heavy atom. The molecule has 3 rings (SSSR count). The van der Waals surface area contributed by atoms with Crippen LogP contribution in [0.1, 0.15) is 23.7 Å². The molecule has 0 aliphatic carbocycles. The average Bonchev–Trinajstić information content (AvgIpc) is 3.25. The average molecular weight is 427 g/mol. The molecular formula is C20H21N5O4S. The number of nitrogens with one attached hydrogen (secondary N) is 1. The molecule has 1 aromatic heterocycles. The topological polar surface area (TPSA) is 108 Å². The predicted octanol–water partition coefficient (Wildman–Crippen LogP) is 2.97. The summed E-state index contributed by atoms with van der Waals surface area (Å²) in [6.45, 7) is 2.31. The molecule has 10 heteroatoms. The first-order chi connectivity index (χ1) is 14.6. The highest BCUT2D eigenvalue weighted by Gasteiger charge is 2.15. The zero-order chi connectivity index (χ0) is 21.3. The molecule has 0 bridgehead atoms. The fraction of sp³-hybridized carbons (Fsp3) is 0.250. The molecule has 0 spiro atoms. The minimum absolute atomic E-state index is 0.107. The van der Waals surface area contributed by atoms with E-state index < -0.39 is 0 Å². The normalized spacial score (nSPS) is 10.5. The van der Waals surface area contributed by atoms with E-state index in [1.165, 1.54) is 16.4 Å². The number of carbonyl (C=O) groups excluding carboxylic acids is 2. The van der Waals surface area contributed by atoms with Gasteiger partial charge in [-0.1, -0.05) is 30.8 Å². The molecule has 0 unspecified atom stereocenters. The lowest BCUT2D eigenvalue weighted by Crippen LogP contribution is -2.15. The van der Waals surface area contributed by atoms with E-state index in [9.17, 15) is 9.59 Å². The van der Waals surface area contributed by atoms with Gasteiger partial charge in [0.2, 0.25) is 11.1 Å². The Hall–Kier alpha value is -3.40. The Kier molecular flexibility index (Phi) is 7.39. The van der Waals surface area contributed by atoms with Gasteiger partial charge >= 0.3 is 5.97 Å². The van der Waals surface area contributed by atoms with Gasteiger partial charge in [0.1, 0.15) is 11.4 Å². The number of para-hydroxylation sites is 2. The highest BCUT2D eigenvalue weighted by Crippen LogP contribution is 2.25. The summed E-state index contributed by atoms with van der Waals surface area (Å²) >= 11 is 1.20. The fourth-order valence-corrected chi connectivity index (χ4v) is 3.20. The van der Waals surface area contributed by atoms with Crippen LogP contribution in [0.5, 0.6) is 5.75 Å². The number of amides is 1. The molecule has 0 saturated carbocycles. The number of esters is 1. The van der Waals surface area contributed by atoms with Crippen molar-refractivity contribution >= 4 is 29.3 Å². The van der Waals surface area contributed by atoms with Crippen molar-refractivity contribution in [2.75, 3.05) is 24.8 Å². The van der Waals surface area contributed by atoms with Crippen molar-refractivity contribution in [2.45, 2.75) is 18.5 Å². The zero-order valence-electron chi connectivity index (χ0n) is 16.6. The van der Waals surface area contributed by atoms with Crippen LogP contribution in [-0.4, -0.2) is 51.6 Å². The highest BCUT2D eigenvalue weighted by atomic mass is 32.2. The summed E-state index contributed by atoms with van der Waals surface area (Å²) in [5.74, 6) is 0.119. The molecule has 156 valence electrons. The van der Waals surface area contributed by atoms with E-state index in [4.69, 9.17) is 9.47 Å². The lowest BCUT2D eigenvalue weighted by atomic mass is 10.2. The summed E-state index contributed by atoms with van der Waals surface area (Å²) in [7, 11) is 1.57. The summed E-state index contributed by atoms with van der Waals surface area (Å²) in [4.78, 5) is 24.1. The molecule has 0 fully saturated rings. The van der Waals surface area contributed by atoms with Crippen LogP contribution in [0.4, 0.5) is 5.69 Å². The molecule has 30 heavy (non-hydrogen) atoms. The van der Waals surface area contributed by atoms with Crippen molar-refractivity contribution in [1.29, 1.82) is 0 Å². The molecular weight excluding hydrogens is 406 g/mol. The number of hydrogen-bond donors (Lipinski definition) is 1. The molecule has 9 nitrogen and oxygen atoms in total. The van der Waals surface area contributed by atoms with Gasteiger partial charge in [0.15, 0.2) is 0 Å². The summed E-state index contributed by atoms with van der Waals surface area (Å²) in [5.41, 5.74) is 1.70. The molecule has 0 radical (unpaired) electrons. The molecule has 1 heterocycles. The van der Waals surface area contributed by atoms with Gasteiger partial charge in [-0.15, -0.1) is 5.10 Å². The van der Waals surface area contributed by atoms with E-state index in [1.807, 2.05) is 25.1 Å². The Labute approximate surface area is 177 Å². The number of benzene rings is 2. The van der Waals surface area contributed by atoms with Crippen molar-refractivity contribution in [3.05, 3.63) is 54.1 Å². The molecule has 3 aromatic rings. The third-order valence-electron chi connectivity index (χ3n) is 3.93. The van der Waals surface area contributed by atoms with Crippen LogP contribution in [0.15, 0.2) is 53.7 Å². The van der Waals surface area contributed by atoms with E-state index in [-0.39, 0.29) is 17.6 Å². The van der Waals surface area contributed by atoms with E-state index in [2.05, 4.69) is 20.8 Å². The first-order valence-corrected chi connectivity index (χ1v) is 10.2. The van der Waals surface area contributed by atoms with Gasteiger partial charge < -0.3 is 14.8 Å². The van der Waals surface area contributed by atoms with Crippen LogP contribution in [0.3, 0.4) is 0 Å². The number of hydrogen-bond acceptors (Lipinski definition) is 8. The van der Waals surface area contributed by atoms with Gasteiger partial charge in [-0.05, 0) is 53.2 Å². The fourth-order valence-electron chi connectivity index (χ4n) is 2.52. The van der Waals surface area contributed by atoms with Crippen LogP contribution in [0.2, 0.25) is 0 Å². The Morgan fingerprint density at radius 1 is 1.13 bits per heavy atom. The molecule has 1 N–H and O–H groups in total. The maximum Gasteiger partial charge on any atom is 0.338 e.